The molecule has 4 heteroatoms. The fourth-order valence-electron chi connectivity index (χ4n) is 1.26. The molecule has 0 aromatic heterocycles. The lowest BCUT2D eigenvalue weighted by molar-refractivity contribution is 0.307. The monoisotopic (exact) mass is 222 g/mol. The fraction of sp³-hybridized carbons (Fsp3) is 0.417. The van der Waals surface area contributed by atoms with Crippen molar-refractivity contribution >= 4 is 5.84 Å². The molecule has 16 heavy (non-hydrogen) atoms. The zero-order valence-corrected chi connectivity index (χ0v) is 9.75. The van der Waals surface area contributed by atoms with Gasteiger partial charge < -0.3 is 15.2 Å². The second-order valence-electron chi connectivity index (χ2n) is 3.51. The largest absolute Gasteiger partial charge is 0.497 e. The van der Waals surface area contributed by atoms with Gasteiger partial charge in [0.05, 0.1) is 13.7 Å². The summed E-state index contributed by atoms with van der Waals surface area (Å²) < 4.78 is 10.7. The minimum Gasteiger partial charge on any atom is -0.497 e. The molecule has 0 aliphatic heterocycles. The van der Waals surface area contributed by atoms with Gasteiger partial charge in [0.25, 0.3) is 0 Å². The Morgan fingerprint density at radius 1 is 1.31 bits per heavy atom. The van der Waals surface area contributed by atoms with E-state index in [2.05, 4.69) is 6.92 Å². The van der Waals surface area contributed by atoms with Gasteiger partial charge in [0.1, 0.15) is 17.3 Å². The molecule has 0 radical (unpaired) electrons. The van der Waals surface area contributed by atoms with Gasteiger partial charge in [-0.25, -0.2) is 0 Å². The zero-order chi connectivity index (χ0) is 12.0. The molecule has 1 aromatic carbocycles. The Kier molecular flexibility index (Phi) is 4.64. The van der Waals surface area contributed by atoms with Gasteiger partial charge in [-0.05, 0) is 18.6 Å². The van der Waals surface area contributed by atoms with Crippen molar-refractivity contribution in [1.82, 2.24) is 0 Å². The first-order chi connectivity index (χ1) is 7.67. The van der Waals surface area contributed by atoms with Crippen LogP contribution in [0.5, 0.6) is 11.5 Å². The Hall–Kier alpha value is -1.71. The Bertz CT molecular complexity index is 364. The number of benzene rings is 1. The first kappa shape index (κ1) is 12.4. The number of ether oxygens (including phenoxy) is 2. The molecule has 1 aromatic rings. The van der Waals surface area contributed by atoms with Crippen LogP contribution in [0.3, 0.4) is 0 Å². The van der Waals surface area contributed by atoms with Crippen LogP contribution in [0.2, 0.25) is 0 Å². The van der Waals surface area contributed by atoms with Crippen molar-refractivity contribution < 1.29 is 9.47 Å². The summed E-state index contributed by atoms with van der Waals surface area (Å²) >= 11 is 0. The summed E-state index contributed by atoms with van der Waals surface area (Å²) in [5.41, 5.74) is 6.05. The van der Waals surface area contributed by atoms with Crippen LogP contribution in [0.15, 0.2) is 18.2 Å². The van der Waals surface area contributed by atoms with Crippen molar-refractivity contribution in [2.75, 3.05) is 13.7 Å². The summed E-state index contributed by atoms with van der Waals surface area (Å²) in [5.74, 6) is 1.36. The number of unbranched alkanes of at least 4 members (excludes halogenated alkanes) is 1. The molecule has 4 nitrogen and oxygen atoms in total. The van der Waals surface area contributed by atoms with E-state index in [0.29, 0.717) is 23.7 Å². The van der Waals surface area contributed by atoms with Crippen LogP contribution in [0.4, 0.5) is 0 Å². The van der Waals surface area contributed by atoms with E-state index in [9.17, 15) is 0 Å². The van der Waals surface area contributed by atoms with E-state index in [1.54, 1.807) is 25.3 Å². The van der Waals surface area contributed by atoms with Crippen LogP contribution in [0.1, 0.15) is 25.3 Å². The van der Waals surface area contributed by atoms with Gasteiger partial charge in [-0.2, -0.15) is 0 Å². The van der Waals surface area contributed by atoms with E-state index in [4.69, 9.17) is 20.6 Å². The molecule has 1 rings (SSSR count). The molecule has 0 amide bonds. The molecule has 0 saturated carbocycles. The number of nitrogens with one attached hydrogen (secondary N) is 1. The summed E-state index contributed by atoms with van der Waals surface area (Å²) in [6.07, 6.45) is 2.09. The van der Waals surface area contributed by atoms with Crippen molar-refractivity contribution in [2.45, 2.75) is 19.8 Å². The van der Waals surface area contributed by atoms with E-state index in [1.807, 2.05) is 0 Å². The molecule has 0 saturated heterocycles. The highest BCUT2D eigenvalue weighted by Gasteiger charge is 2.04. The maximum atomic E-state index is 7.38. The first-order valence-corrected chi connectivity index (χ1v) is 5.33. The van der Waals surface area contributed by atoms with Gasteiger partial charge in [-0.15, -0.1) is 0 Å². The number of hydrogen-bond donors (Lipinski definition) is 2. The second kappa shape index (κ2) is 6.00. The highest BCUT2D eigenvalue weighted by atomic mass is 16.5. The molecule has 88 valence electrons. The lowest BCUT2D eigenvalue weighted by atomic mass is 10.2. The van der Waals surface area contributed by atoms with Crippen molar-refractivity contribution in [3.05, 3.63) is 23.8 Å². The summed E-state index contributed by atoms with van der Waals surface area (Å²) in [6.45, 7) is 2.77. The third-order valence-corrected chi connectivity index (χ3v) is 2.19. The molecule has 3 N–H and O–H groups in total. The quantitative estimate of drug-likeness (QED) is 0.440. The Morgan fingerprint density at radius 2 is 2.00 bits per heavy atom. The molecule has 0 bridgehead atoms. The summed E-state index contributed by atoms with van der Waals surface area (Å²) in [5, 5.41) is 7.38. The first-order valence-electron chi connectivity index (χ1n) is 5.33. The van der Waals surface area contributed by atoms with E-state index < -0.39 is 0 Å². The Balaban J connectivity index is 2.82. The molecular formula is C12H18N2O2. The number of rotatable bonds is 6. The number of nitrogen functional groups attached to an aromatic ring is 1. The maximum absolute atomic E-state index is 7.38. The van der Waals surface area contributed by atoms with Crippen LogP contribution < -0.4 is 15.2 Å². The average molecular weight is 222 g/mol. The third kappa shape index (κ3) is 3.46. The molecule has 0 aliphatic rings. The van der Waals surface area contributed by atoms with Gasteiger partial charge in [0.2, 0.25) is 0 Å². The minimum atomic E-state index is 0.0132. The maximum Gasteiger partial charge on any atom is 0.123 e. The molecule has 0 heterocycles. The lowest BCUT2D eigenvalue weighted by Gasteiger charge is -2.09. The highest BCUT2D eigenvalue weighted by Crippen LogP contribution is 2.22. The van der Waals surface area contributed by atoms with Gasteiger partial charge in [0.15, 0.2) is 0 Å². The topological polar surface area (TPSA) is 68.3 Å². The number of methoxy groups -OCH3 is 1. The minimum absolute atomic E-state index is 0.0132. The standard InChI is InChI=1S/C12H18N2O2/c1-3-4-5-16-11-7-9(12(13)14)6-10(8-11)15-2/h6-8H,3-5H2,1-2H3,(H3,13,14). The van der Waals surface area contributed by atoms with Gasteiger partial charge >= 0.3 is 0 Å². The molecule has 0 fully saturated rings. The van der Waals surface area contributed by atoms with Crippen molar-refractivity contribution in [1.29, 1.82) is 5.41 Å². The number of nitrogens with two attached hydrogens (primary N) is 1. The smallest absolute Gasteiger partial charge is 0.123 e. The Labute approximate surface area is 95.9 Å². The molecule has 0 unspecified atom stereocenters. The Morgan fingerprint density at radius 3 is 2.56 bits per heavy atom. The molecule has 0 atom stereocenters. The van der Waals surface area contributed by atoms with Crippen LogP contribution in [0.25, 0.3) is 0 Å². The third-order valence-electron chi connectivity index (χ3n) is 2.19. The van der Waals surface area contributed by atoms with Crippen molar-refractivity contribution in [3.63, 3.8) is 0 Å². The van der Waals surface area contributed by atoms with Crippen molar-refractivity contribution in [3.8, 4) is 11.5 Å². The fourth-order valence-corrected chi connectivity index (χ4v) is 1.26. The second-order valence-corrected chi connectivity index (χ2v) is 3.51. The lowest BCUT2D eigenvalue weighted by Crippen LogP contribution is -2.11. The number of amidine groups is 1. The zero-order valence-electron chi connectivity index (χ0n) is 9.75. The predicted octanol–water partition coefficient (Wildman–Crippen LogP) is 2.16. The van der Waals surface area contributed by atoms with Gasteiger partial charge in [0, 0.05) is 11.6 Å². The van der Waals surface area contributed by atoms with E-state index in [0.717, 1.165) is 12.8 Å². The predicted molar refractivity (Wildman–Crippen MR) is 64.4 cm³/mol. The number of hydrogen-bond acceptors (Lipinski definition) is 3. The van der Waals surface area contributed by atoms with Gasteiger partial charge in [-0.3, -0.25) is 5.41 Å². The normalized spacial score (nSPS) is 9.88. The van der Waals surface area contributed by atoms with Crippen LogP contribution in [-0.2, 0) is 0 Å². The van der Waals surface area contributed by atoms with Crippen LogP contribution >= 0.6 is 0 Å². The average Bonchev–Trinajstić information content (AvgIpc) is 2.29. The van der Waals surface area contributed by atoms with Crippen LogP contribution in [-0.4, -0.2) is 19.6 Å². The SMILES string of the molecule is CCCCOc1cc(OC)cc(C(=N)N)c1. The van der Waals surface area contributed by atoms with E-state index >= 15 is 0 Å². The highest BCUT2D eigenvalue weighted by molar-refractivity contribution is 5.95. The van der Waals surface area contributed by atoms with E-state index in [-0.39, 0.29) is 5.84 Å². The summed E-state index contributed by atoms with van der Waals surface area (Å²) in [7, 11) is 1.58. The molecular weight excluding hydrogens is 204 g/mol. The molecule has 0 aliphatic carbocycles. The summed E-state index contributed by atoms with van der Waals surface area (Å²) in [4.78, 5) is 0. The van der Waals surface area contributed by atoms with Gasteiger partial charge in [-0.1, -0.05) is 13.3 Å². The van der Waals surface area contributed by atoms with E-state index in [1.165, 1.54) is 0 Å². The van der Waals surface area contributed by atoms with Crippen molar-refractivity contribution in [2.24, 2.45) is 5.73 Å². The van der Waals surface area contributed by atoms with Crippen LogP contribution in [0, 0.1) is 5.41 Å². The summed E-state index contributed by atoms with van der Waals surface area (Å²) in [6, 6.07) is 5.26. The molecule has 0 spiro atoms.